The Morgan fingerprint density at radius 2 is 2.05 bits per heavy atom. The van der Waals surface area contributed by atoms with Crippen LogP contribution >= 0.6 is 11.3 Å². The van der Waals surface area contributed by atoms with Gasteiger partial charge < -0.3 is 5.32 Å². The molecule has 3 aromatic rings. The Bertz CT molecular complexity index is 686. The van der Waals surface area contributed by atoms with Gasteiger partial charge in [-0.15, -0.1) is 11.3 Å². The molecule has 0 saturated heterocycles. The van der Waals surface area contributed by atoms with Crippen LogP contribution in [0.3, 0.4) is 0 Å². The highest BCUT2D eigenvalue weighted by molar-refractivity contribution is 7.09. The molecular formula is C13H14N6S. The fourth-order valence-corrected chi connectivity index (χ4v) is 2.45. The van der Waals surface area contributed by atoms with E-state index in [1.165, 1.54) is 0 Å². The number of anilines is 1. The lowest BCUT2D eigenvalue weighted by atomic mass is 10.2. The van der Waals surface area contributed by atoms with Gasteiger partial charge in [-0.25, -0.2) is 15.0 Å². The van der Waals surface area contributed by atoms with Crippen molar-refractivity contribution >= 4 is 17.2 Å². The molecule has 0 spiro atoms. The van der Waals surface area contributed by atoms with Crippen LogP contribution in [0.5, 0.6) is 0 Å². The van der Waals surface area contributed by atoms with E-state index >= 15 is 0 Å². The molecule has 6 nitrogen and oxygen atoms in total. The summed E-state index contributed by atoms with van der Waals surface area (Å²) in [6, 6.07) is 1.90. The molecule has 3 rings (SSSR count). The van der Waals surface area contributed by atoms with Crippen molar-refractivity contribution in [3.05, 3.63) is 28.8 Å². The third-order valence-electron chi connectivity index (χ3n) is 2.83. The van der Waals surface area contributed by atoms with Crippen LogP contribution in [-0.2, 0) is 7.05 Å². The summed E-state index contributed by atoms with van der Waals surface area (Å²) in [6.07, 6.45) is 3.72. The van der Waals surface area contributed by atoms with Gasteiger partial charge in [-0.3, -0.25) is 4.68 Å². The summed E-state index contributed by atoms with van der Waals surface area (Å²) in [5.74, 6) is 1.39. The maximum Gasteiger partial charge on any atom is 0.181 e. The fraction of sp³-hybridized carbons (Fsp3) is 0.231. The lowest BCUT2D eigenvalue weighted by Crippen LogP contribution is -1.98. The molecule has 102 valence electrons. The lowest BCUT2D eigenvalue weighted by molar-refractivity contribution is 0.768. The van der Waals surface area contributed by atoms with Crippen molar-refractivity contribution in [2.24, 2.45) is 7.05 Å². The van der Waals surface area contributed by atoms with E-state index < -0.39 is 0 Å². The lowest BCUT2D eigenvalue weighted by Gasteiger charge is -2.05. The summed E-state index contributed by atoms with van der Waals surface area (Å²) < 4.78 is 1.75. The number of aromatic nitrogens is 5. The van der Waals surface area contributed by atoms with Gasteiger partial charge in [0, 0.05) is 37.3 Å². The minimum atomic E-state index is 0.625. The fourth-order valence-electron chi connectivity index (χ4n) is 1.86. The molecule has 0 aliphatic heterocycles. The number of hydrogen-bond donors (Lipinski definition) is 1. The molecule has 0 unspecified atom stereocenters. The summed E-state index contributed by atoms with van der Waals surface area (Å²) >= 11 is 1.59. The van der Waals surface area contributed by atoms with Gasteiger partial charge in [-0.05, 0) is 6.92 Å². The highest BCUT2D eigenvalue weighted by Crippen LogP contribution is 2.24. The third-order valence-corrected chi connectivity index (χ3v) is 3.60. The smallest absolute Gasteiger partial charge is 0.181 e. The van der Waals surface area contributed by atoms with Crippen LogP contribution in [0.15, 0.2) is 23.8 Å². The van der Waals surface area contributed by atoms with Crippen molar-refractivity contribution in [2.45, 2.75) is 6.92 Å². The highest BCUT2D eigenvalue weighted by atomic mass is 32.1. The third kappa shape index (κ3) is 2.39. The standard InChI is InChI=1S/C13H14N6S/c1-8-16-11(7-20-8)13-17-10(4-12(14-2)18-13)9-5-15-19(3)6-9/h4-7H,1-3H3,(H,14,17,18). The van der Waals surface area contributed by atoms with Gasteiger partial charge in [0.2, 0.25) is 0 Å². The van der Waals surface area contributed by atoms with E-state index in [2.05, 4.69) is 25.4 Å². The molecule has 1 N–H and O–H groups in total. The minimum absolute atomic E-state index is 0.625. The van der Waals surface area contributed by atoms with Crippen LogP contribution in [0.4, 0.5) is 5.82 Å². The van der Waals surface area contributed by atoms with Crippen molar-refractivity contribution in [3.8, 4) is 22.8 Å². The van der Waals surface area contributed by atoms with E-state index in [1.807, 2.05) is 38.7 Å². The van der Waals surface area contributed by atoms with Gasteiger partial charge in [0.25, 0.3) is 0 Å². The summed E-state index contributed by atoms with van der Waals surface area (Å²) in [6.45, 7) is 1.97. The zero-order valence-electron chi connectivity index (χ0n) is 11.5. The second-order valence-corrected chi connectivity index (χ2v) is 5.43. The zero-order valence-corrected chi connectivity index (χ0v) is 12.3. The van der Waals surface area contributed by atoms with E-state index in [9.17, 15) is 0 Å². The van der Waals surface area contributed by atoms with E-state index in [0.717, 1.165) is 27.8 Å². The molecule has 0 amide bonds. The molecule has 0 aromatic carbocycles. The summed E-state index contributed by atoms with van der Waals surface area (Å²) in [5.41, 5.74) is 2.59. The maximum absolute atomic E-state index is 4.59. The van der Waals surface area contributed by atoms with Gasteiger partial charge in [-0.1, -0.05) is 0 Å². The van der Waals surface area contributed by atoms with Crippen LogP contribution in [0.1, 0.15) is 5.01 Å². The van der Waals surface area contributed by atoms with E-state index in [4.69, 9.17) is 0 Å². The van der Waals surface area contributed by atoms with Gasteiger partial charge in [0.15, 0.2) is 5.82 Å². The first-order valence-corrected chi connectivity index (χ1v) is 7.02. The number of aryl methyl sites for hydroxylation is 2. The van der Waals surface area contributed by atoms with Crippen LogP contribution in [-0.4, -0.2) is 31.8 Å². The second-order valence-electron chi connectivity index (χ2n) is 4.37. The molecule has 20 heavy (non-hydrogen) atoms. The largest absolute Gasteiger partial charge is 0.373 e. The molecule has 0 radical (unpaired) electrons. The average Bonchev–Trinajstić information content (AvgIpc) is 3.07. The quantitative estimate of drug-likeness (QED) is 0.800. The molecule has 0 saturated carbocycles. The van der Waals surface area contributed by atoms with Crippen molar-refractivity contribution < 1.29 is 0 Å². The second kappa shape index (κ2) is 5.01. The Kier molecular flexibility index (Phi) is 3.19. The van der Waals surface area contributed by atoms with Crippen molar-refractivity contribution in [3.63, 3.8) is 0 Å². The number of hydrogen-bond acceptors (Lipinski definition) is 6. The monoisotopic (exact) mass is 286 g/mol. The van der Waals surface area contributed by atoms with Crippen molar-refractivity contribution in [1.82, 2.24) is 24.7 Å². The van der Waals surface area contributed by atoms with Gasteiger partial charge in [-0.2, -0.15) is 5.10 Å². The topological polar surface area (TPSA) is 68.5 Å². The zero-order chi connectivity index (χ0) is 14.1. The van der Waals surface area contributed by atoms with E-state index in [-0.39, 0.29) is 0 Å². The summed E-state index contributed by atoms with van der Waals surface area (Å²) in [7, 11) is 3.72. The molecule has 3 heterocycles. The molecule has 7 heteroatoms. The first-order chi connectivity index (χ1) is 9.65. The predicted octanol–water partition coefficient (Wildman–Crippen LogP) is 2.35. The molecule has 0 aliphatic rings. The number of thiazole rings is 1. The first-order valence-electron chi connectivity index (χ1n) is 6.14. The van der Waals surface area contributed by atoms with E-state index in [1.54, 1.807) is 22.2 Å². The Labute approximate surface area is 120 Å². The molecule has 0 aliphatic carbocycles. The average molecular weight is 286 g/mol. The number of rotatable bonds is 3. The highest BCUT2D eigenvalue weighted by Gasteiger charge is 2.11. The number of nitrogens with zero attached hydrogens (tertiary/aromatic N) is 5. The van der Waals surface area contributed by atoms with Crippen molar-refractivity contribution in [2.75, 3.05) is 12.4 Å². The Balaban J connectivity index is 2.12. The van der Waals surface area contributed by atoms with E-state index in [0.29, 0.717) is 5.82 Å². The molecular weight excluding hydrogens is 272 g/mol. The van der Waals surface area contributed by atoms with Crippen molar-refractivity contribution in [1.29, 1.82) is 0 Å². The normalized spacial score (nSPS) is 10.8. The SMILES string of the molecule is CNc1cc(-c2cnn(C)c2)nc(-c2csc(C)n2)n1. The van der Waals surface area contributed by atoms with Crippen LogP contribution in [0.25, 0.3) is 22.8 Å². The van der Waals surface area contributed by atoms with Crippen LogP contribution < -0.4 is 5.32 Å². The summed E-state index contributed by atoms with van der Waals surface area (Å²) in [4.78, 5) is 13.5. The van der Waals surface area contributed by atoms with Crippen LogP contribution in [0, 0.1) is 6.92 Å². The van der Waals surface area contributed by atoms with Gasteiger partial charge in [0.05, 0.1) is 16.9 Å². The Morgan fingerprint density at radius 1 is 1.20 bits per heavy atom. The van der Waals surface area contributed by atoms with Gasteiger partial charge in [0.1, 0.15) is 11.5 Å². The van der Waals surface area contributed by atoms with Gasteiger partial charge >= 0.3 is 0 Å². The molecule has 0 fully saturated rings. The first kappa shape index (κ1) is 12.7. The molecule has 0 atom stereocenters. The van der Waals surface area contributed by atoms with Crippen LogP contribution in [0.2, 0.25) is 0 Å². The maximum atomic E-state index is 4.59. The molecule has 3 aromatic heterocycles. The molecule has 0 bridgehead atoms. The summed E-state index contributed by atoms with van der Waals surface area (Å²) in [5, 5.41) is 10.2. The predicted molar refractivity (Wildman–Crippen MR) is 79.6 cm³/mol. The Morgan fingerprint density at radius 3 is 2.65 bits per heavy atom. The Hall–Kier alpha value is -2.28. The minimum Gasteiger partial charge on any atom is -0.373 e. The number of nitrogens with one attached hydrogen (secondary N) is 1.